The van der Waals surface area contributed by atoms with Crippen LogP contribution in [-0.2, 0) is 6.42 Å². The molecule has 14 heavy (non-hydrogen) atoms. The zero-order chi connectivity index (χ0) is 10.1. The maximum Gasteiger partial charge on any atom is 0.126 e. The van der Waals surface area contributed by atoms with Crippen molar-refractivity contribution in [2.45, 2.75) is 38.1 Å². The van der Waals surface area contributed by atoms with Gasteiger partial charge in [-0.2, -0.15) is 0 Å². The van der Waals surface area contributed by atoms with Gasteiger partial charge >= 0.3 is 0 Å². The molecule has 0 heterocycles. The minimum absolute atomic E-state index is 0.0503. The summed E-state index contributed by atoms with van der Waals surface area (Å²) in [6.07, 6.45) is 3.04. The van der Waals surface area contributed by atoms with E-state index in [9.17, 15) is 4.39 Å². The number of hydrogen-bond donors (Lipinski definition) is 1. The van der Waals surface area contributed by atoms with Gasteiger partial charge in [-0.25, -0.2) is 4.39 Å². The fourth-order valence-electron chi connectivity index (χ4n) is 1.79. The average molecular weight is 193 g/mol. The molecule has 2 heteroatoms. The van der Waals surface area contributed by atoms with Crippen LogP contribution in [0.15, 0.2) is 18.2 Å². The Morgan fingerprint density at radius 1 is 1.50 bits per heavy atom. The van der Waals surface area contributed by atoms with Crippen LogP contribution in [0.1, 0.15) is 36.8 Å². The van der Waals surface area contributed by atoms with Crippen LogP contribution < -0.4 is 5.73 Å². The summed E-state index contributed by atoms with van der Waals surface area (Å²) in [7, 11) is 0. The molecule has 0 saturated heterocycles. The van der Waals surface area contributed by atoms with E-state index >= 15 is 0 Å². The number of hydrogen-bond acceptors (Lipinski definition) is 1. The Hall–Kier alpha value is -0.890. The first-order valence-electron chi connectivity index (χ1n) is 5.20. The molecular weight excluding hydrogens is 177 g/mol. The first-order valence-corrected chi connectivity index (χ1v) is 5.20. The van der Waals surface area contributed by atoms with Crippen molar-refractivity contribution in [3.8, 4) is 0 Å². The van der Waals surface area contributed by atoms with Crippen LogP contribution in [0.25, 0.3) is 0 Å². The zero-order valence-corrected chi connectivity index (χ0v) is 8.46. The molecule has 1 aliphatic rings. The van der Waals surface area contributed by atoms with Crippen LogP contribution in [0, 0.1) is 5.82 Å². The Kier molecular flexibility index (Phi) is 2.55. The van der Waals surface area contributed by atoms with E-state index in [4.69, 9.17) is 5.73 Å². The van der Waals surface area contributed by atoms with E-state index in [2.05, 4.69) is 0 Å². The van der Waals surface area contributed by atoms with Crippen LogP contribution in [0.2, 0.25) is 0 Å². The molecule has 1 aromatic carbocycles. The van der Waals surface area contributed by atoms with Crippen molar-refractivity contribution in [3.63, 3.8) is 0 Å². The maximum absolute atomic E-state index is 13.6. The summed E-state index contributed by atoms with van der Waals surface area (Å²) in [6, 6.07) is 5.66. The smallest absolute Gasteiger partial charge is 0.126 e. The van der Waals surface area contributed by atoms with Gasteiger partial charge in [-0.3, -0.25) is 0 Å². The second kappa shape index (κ2) is 3.70. The van der Waals surface area contributed by atoms with Gasteiger partial charge in [-0.15, -0.1) is 0 Å². The van der Waals surface area contributed by atoms with Crippen LogP contribution in [0.4, 0.5) is 4.39 Å². The molecular formula is C12H16FN. The van der Waals surface area contributed by atoms with E-state index < -0.39 is 0 Å². The van der Waals surface area contributed by atoms with Crippen molar-refractivity contribution in [2.75, 3.05) is 0 Å². The van der Waals surface area contributed by atoms with Gasteiger partial charge in [-0.05, 0) is 49.3 Å². The van der Waals surface area contributed by atoms with Gasteiger partial charge < -0.3 is 5.73 Å². The normalized spacial score (nSPS) is 18.2. The highest BCUT2D eigenvalue weighted by molar-refractivity contribution is 5.30. The molecule has 2 N–H and O–H groups in total. The molecule has 1 aromatic rings. The van der Waals surface area contributed by atoms with E-state index in [1.165, 1.54) is 0 Å². The van der Waals surface area contributed by atoms with E-state index in [1.54, 1.807) is 6.07 Å². The Bertz CT molecular complexity index is 329. The lowest BCUT2D eigenvalue weighted by Crippen LogP contribution is -2.17. The van der Waals surface area contributed by atoms with E-state index in [1.807, 2.05) is 19.1 Å². The van der Waals surface area contributed by atoms with Crippen molar-refractivity contribution in [1.82, 2.24) is 0 Å². The summed E-state index contributed by atoms with van der Waals surface area (Å²) >= 11 is 0. The first-order chi connectivity index (χ1) is 6.66. The fraction of sp³-hybridized carbons (Fsp3) is 0.500. The Balaban J connectivity index is 2.17. The molecule has 1 aliphatic carbocycles. The summed E-state index contributed by atoms with van der Waals surface area (Å²) in [5.41, 5.74) is 7.55. The third-order valence-electron chi connectivity index (χ3n) is 2.64. The maximum atomic E-state index is 13.6. The van der Waals surface area contributed by atoms with Crippen LogP contribution in [-0.4, -0.2) is 6.04 Å². The molecule has 1 fully saturated rings. The minimum Gasteiger partial charge on any atom is -0.328 e. The average Bonchev–Trinajstić information content (AvgIpc) is 2.86. The predicted octanol–water partition coefficient (Wildman–Crippen LogP) is 2.59. The second-order valence-electron chi connectivity index (χ2n) is 4.31. The van der Waals surface area contributed by atoms with Gasteiger partial charge in [0.25, 0.3) is 0 Å². The van der Waals surface area contributed by atoms with E-state index in [0.29, 0.717) is 5.92 Å². The molecule has 0 bridgehead atoms. The number of benzene rings is 1. The standard InChI is InChI=1S/C12H16FN/c1-8(14)6-9-2-5-11(10-3-4-10)12(13)7-9/h2,5,7-8,10H,3-4,6,14H2,1H3. The summed E-state index contributed by atoms with van der Waals surface area (Å²) in [4.78, 5) is 0. The molecule has 2 rings (SSSR count). The summed E-state index contributed by atoms with van der Waals surface area (Å²) in [6.45, 7) is 1.94. The van der Waals surface area contributed by atoms with Crippen molar-refractivity contribution in [3.05, 3.63) is 35.1 Å². The molecule has 0 aromatic heterocycles. The van der Waals surface area contributed by atoms with Gasteiger partial charge in [0, 0.05) is 6.04 Å². The minimum atomic E-state index is -0.0503. The van der Waals surface area contributed by atoms with Gasteiger partial charge in [0.15, 0.2) is 0 Å². The molecule has 0 aliphatic heterocycles. The molecule has 1 unspecified atom stereocenters. The molecule has 0 spiro atoms. The van der Waals surface area contributed by atoms with Crippen molar-refractivity contribution < 1.29 is 4.39 Å². The van der Waals surface area contributed by atoms with Crippen molar-refractivity contribution in [2.24, 2.45) is 5.73 Å². The third kappa shape index (κ3) is 2.13. The highest BCUT2D eigenvalue weighted by Crippen LogP contribution is 2.41. The van der Waals surface area contributed by atoms with Gasteiger partial charge in [0.05, 0.1) is 0 Å². The molecule has 1 nitrogen and oxygen atoms in total. The summed E-state index contributed by atoms with van der Waals surface area (Å²) < 4.78 is 13.6. The molecule has 1 atom stereocenters. The fourth-order valence-corrected chi connectivity index (χ4v) is 1.79. The zero-order valence-electron chi connectivity index (χ0n) is 8.46. The lowest BCUT2D eigenvalue weighted by Gasteiger charge is -2.07. The van der Waals surface area contributed by atoms with Crippen molar-refractivity contribution >= 4 is 0 Å². The van der Waals surface area contributed by atoms with Crippen molar-refractivity contribution in [1.29, 1.82) is 0 Å². The quantitative estimate of drug-likeness (QED) is 0.784. The molecule has 0 amide bonds. The number of halogens is 1. The SMILES string of the molecule is CC(N)Cc1ccc(C2CC2)c(F)c1. The third-order valence-corrected chi connectivity index (χ3v) is 2.64. The Morgan fingerprint density at radius 2 is 2.21 bits per heavy atom. The van der Waals surface area contributed by atoms with E-state index in [-0.39, 0.29) is 11.9 Å². The highest BCUT2D eigenvalue weighted by Gasteiger charge is 2.26. The molecule has 0 radical (unpaired) electrons. The number of nitrogens with two attached hydrogens (primary N) is 1. The van der Waals surface area contributed by atoms with E-state index in [0.717, 1.165) is 30.4 Å². The van der Waals surface area contributed by atoms with Gasteiger partial charge in [0.2, 0.25) is 0 Å². The first kappa shape index (κ1) is 9.66. The van der Waals surface area contributed by atoms with Gasteiger partial charge in [0.1, 0.15) is 5.82 Å². The monoisotopic (exact) mass is 193 g/mol. The summed E-state index contributed by atoms with van der Waals surface area (Å²) in [5, 5.41) is 0. The largest absolute Gasteiger partial charge is 0.328 e. The Labute approximate surface area is 84.1 Å². The van der Waals surface area contributed by atoms with Crippen LogP contribution >= 0.6 is 0 Å². The Morgan fingerprint density at radius 3 is 2.71 bits per heavy atom. The predicted molar refractivity (Wildman–Crippen MR) is 55.7 cm³/mol. The van der Waals surface area contributed by atoms with Crippen LogP contribution in [0.3, 0.4) is 0 Å². The molecule has 1 saturated carbocycles. The second-order valence-corrected chi connectivity index (χ2v) is 4.31. The number of rotatable bonds is 3. The lowest BCUT2D eigenvalue weighted by atomic mass is 10.0. The molecule has 76 valence electrons. The lowest BCUT2D eigenvalue weighted by molar-refractivity contribution is 0.606. The summed E-state index contributed by atoms with van der Waals surface area (Å²) in [5.74, 6) is 0.435. The van der Waals surface area contributed by atoms with Crippen LogP contribution in [0.5, 0.6) is 0 Å². The van der Waals surface area contributed by atoms with Gasteiger partial charge in [-0.1, -0.05) is 12.1 Å². The highest BCUT2D eigenvalue weighted by atomic mass is 19.1. The topological polar surface area (TPSA) is 26.0 Å².